The van der Waals surface area contributed by atoms with Crippen LogP contribution in [0.4, 0.5) is 0 Å². The molecule has 1 aliphatic rings. The topological polar surface area (TPSA) is 55.8 Å². The molecule has 1 atom stereocenters. The van der Waals surface area contributed by atoms with Gasteiger partial charge < -0.3 is 14.4 Å². The van der Waals surface area contributed by atoms with Crippen LogP contribution in [0.15, 0.2) is 18.2 Å². The third-order valence-corrected chi connectivity index (χ3v) is 4.50. The Labute approximate surface area is 151 Å². The summed E-state index contributed by atoms with van der Waals surface area (Å²) in [6.07, 6.45) is 0.556. The standard InChI is InChI=1S/C17H21Cl2NO4/c1-3-23-17(22)12-6-8-20(9-7-12)16(21)11(2)24-15-5-4-13(18)10-14(15)19/h4-5,10-12H,3,6-9H2,1-2H3. The van der Waals surface area contributed by atoms with E-state index in [9.17, 15) is 9.59 Å². The van der Waals surface area contributed by atoms with Crippen LogP contribution in [0.2, 0.25) is 10.0 Å². The van der Waals surface area contributed by atoms with Crippen molar-refractivity contribution in [2.24, 2.45) is 5.92 Å². The van der Waals surface area contributed by atoms with E-state index in [0.29, 0.717) is 48.3 Å². The first-order valence-electron chi connectivity index (χ1n) is 7.99. The van der Waals surface area contributed by atoms with E-state index < -0.39 is 6.10 Å². The molecule has 0 bridgehead atoms. The van der Waals surface area contributed by atoms with Gasteiger partial charge in [0.25, 0.3) is 5.91 Å². The second kappa shape index (κ2) is 8.58. The van der Waals surface area contributed by atoms with Gasteiger partial charge in [0.2, 0.25) is 0 Å². The highest BCUT2D eigenvalue weighted by Gasteiger charge is 2.30. The van der Waals surface area contributed by atoms with E-state index in [1.165, 1.54) is 0 Å². The van der Waals surface area contributed by atoms with Gasteiger partial charge in [0, 0.05) is 18.1 Å². The molecule has 1 fully saturated rings. The Kier molecular flexibility index (Phi) is 6.75. The first-order chi connectivity index (χ1) is 11.4. The number of halogens is 2. The molecule has 1 aliphatic heterocycles. The monoisotopic (exact) mass is 373 g/mol. The SMILES string of the molecule is CCOC(=O)C1CCN(C(=O)C(C)Oc2ccc(Cl)cc2Cl)CC1. The van der Waals surface area contributed by atoms with Crippen LogP contribution in [0.5, 0.6) is 5.75 Å². The number of piperidine rings is 1. The van der Waals surface area contributed by atoms with E-state index in [-0.39, 0.29) is 17.8 Å². The molecule has 0 radical (unpaired) electrons. The van der Waals surface area contributed by atoms with Crippen molar-refractivity contribution >= 4 is 35.1 Å². The summed E-state index contributed by atoms with van der Waals surface area (Å²) in [5.74, 6) is -0.00979. The van der Waals surface area contributed by atoms with Gasteiger partial charge >= 0.3 is 5.97 Å². The van der Waals surface area contributed by atoms with Crippen LogP contribution in [0, 0.1) is 5.92 Å². The predicted molar refractivity (Wildman–Crippen MR) is 92.5 cm³/mol. The third kappa shape index (κ3) is 4.77. The van der Waals surface area contributed by atoms with Gasteiger partial charge in [0.05, 0.1) is 17.5 Å². The zero-order chi connectivity index (χ0) is 17.7. The van der Waals surface area contributed by atoms with Crippen molar-refractivity contribution in [3.05, 3.63) is 28.2 Å². The maximum absolute atomic E-state index is 12.5. The average molecular weight is 374 g/mol. The molecule has 1 heterocycles. The highest BCUT2D eigenvalue weighted by Crippen LogP contribution is 2.29. The summed E-state index contributed by atoms with van der Waals surface area (Å²) < 4.78 is 10.7. The quantitative estimate of drug-likeness (QED) is 0.740. The van der Waals surface area contributed by atoms with Gasteiger partial charge in [-0.2, -0.15) is 0 Å². The number of benzene rings is 1. The molecule has 0 N–H and O–H groups in total. The highest BCUT2D eigenvalue weighted by atomic mass is 35.5. The second-order valence-corrected chi connectivity index (χ2v) is 6.53. The fourth-order valence-electron chi connectivity index (χ4n) is 2.66. The van der Waals surface area contributed by atoms with Gasteiger partial charge in [-0.05, 0) is 44.9 Å². The number of carbonyl (C=O) groups excluding carboxylic acids is 2. The zero-order valence-electron chi connectivity index (χ0n) is 13.8. The lowest BCUT2D eigenvalue weighted by atomic mass is 9.97. The Balaban J connectivity index is 1.89. The van der Waals surface area contributed by atoms with Crippen molar-refractivity contribution in [2.45, 2.75) is 32.8 Å². The lowest BCUT2D eigenvalue weighted by Gasteiger charge is -2.32. The minimum Gasteiger partial charge on any atom is -0.479 e. The van der Waals surface area contributed by atoms with E-state index in [1.54, 1.807) is 36.9 Å². The van der Waals surface area contributed by atoms with Crippen LogP contribution in [-0.2, 0) is 14.3 Å². The fraction of sp³-hybridized carbons (Fsp3) is 0.529. The van der Waals surface area contributed by atoms with Crippen LogP contribution in [0.3, 0.4) is 0 Å². The van der Waals surface area contributed by atoms with E-state index in [0.717, 1.165) is 0 Å². The van der Waals surface area contributed by atoms with E-state index in [4.69, 9.17) is 32.7 Å². The number of carbonyl (C=O) groups is 2. The molecule has 0 aromatic heterocycles. The van der Waals surface area contributed by atoms with Gasteiger partial charge in [-0.25, -0.2) is 0 Å². The number of ether oxygens (including phenoxy) is 2. The number of amides is 1. The number of rotatable bonds is 5. The lowest BCUT2D eigenvalue weighted by molar-refractivity contribution is -0.152. The van der Waals surface area contributed by atoms with Crippen molar-refractivity contribution in [3.63, 3.8) is 0 Å². The molecule has 24 heavy (non-hydrogen) atoms. The van der Waals surface area contributed by atoms with Crippen LogP contribution in [0.1, 0.15) is 26.7 Å². The molecular formula is C17H21Cl2NO4. The Morgan fingerprint density at radius 3 is 2.54 bits per heavy atom. The molecular weight excluding hydrogens is 353 g/mol. The van der Waals surface area contributed by atoms with Crippen molar-refractivity contribution in [2.75, 3.05) is 19.7 Å². The Bertz CT molecular complexity index is 600. The molecule has 1 saturated heterocycles. The maximum Gasteiger partial charge on any atom is 0.309 e. The minimum atomic E-state index is -0.664. The Morgan fingerprint density at radius 1 is 1.29 bits per heavy atom. The summed E-state index contributed by atoms with van der Waals surface area (Å²) in [4.78, 5) is 25.9. The molecule has 0 aliphatic carbocycles. The van der Waals surface area contributed by atoms with Crippen molar-refractivity contribution < 1.29 is 19.1 Å². The molecule has 7 heteroatoms. The molecule has 0 saturated carbocycles. The maximum atomic E-state index is 12.5. The molecule has 0 spiro atoms. The molecule has 1 aromatic rings. The van der Waals surface area contributed by atoms with Crippen LogP contribution < -0.4 is 4.74 Å². The van der Waals surface area contributed by atoms with Gasteiger partial charge in [0.15, 0.2) is 6.10 Å². The molecule has 1 aromatic carbocycles. The first kappa shape index (κ1) is 18.9. The van der Waals surface area contributed by atoms with E-state index in [2.05, 4.69) is 0 Å². The second-order valence-electron chi connectivity index (χ2n) is 5.69. The molecule has 132 valence electrons. The molecule has 2 rings (SSSR count). The summed E-state index contributed by atoms with van der Waals surface area (Å²) in [5.41, 5.74) is 0. The van der Waals surface area contributed by atoms with Crippen LogP contribution in [-0.4, -0.2) is 42.6 Å². The number of nitrogens with zero attached hydrogens (tertiary/aromatic N) is 1. The van der Waals surface area contributed by atoms with Gasteiger partial charge in [-0.15, -0.1) is 0 Å². The third-order valence-electron chi connectivity index (χ3n) is 3.97. The number of hydrogen-bond donors (Lipinski definition) is 0. The van der Waals surface area contributed by atoms with E-state index >= 15 is 0 Å². The lowest BCUT2D eigenvalue weighted by Crippen LogP contribution is -2.46. The van der Waals surface area contributed by atoms with Gasteiger partial charge in [-0.1, -0.05) is 23.2 Å². The Hall–Kier alpha value is -1.46. The van der Waals surface area contributed by atoms with Crippen molar-refractivity contribution in [3.8, 4) is 5.75 Å². The first-order valence-corrected chi connectivity index (χ1v) is 8.75. The normalized spacial score (nSPS) is 16.6. The average Bonchev–Trinajstić information content (AvgIpc) is 2.57. The van der Waals surface area contributed by atoms with Crippen LogP contribution >= 0.6 is 23.2 Å². The fourth-order valence-corrected chi connectivity index (χ4v) is 3.12. The molecule has 5 nitrogen and oxygen atoms in total. The Morgan fingerprint density at radius 2 is 1.96 bits per heavy atom. The highest BCUT2D eigenvalue weighted by molar-refractivity contribution is 6.35. The predicted octanol–water partition coefficient (Wildman–Crippen LogP) is 3.56. The van der Waals surface area contributed by atoms with Crippen LogP contribution in [0.25, 0.3) is 0 Å². The smallest absolute Gasteiger partial charge is 0.309 e. The number of likely N-dealkylation sites (tertiary alicyclic amines) is 1. The summed E-state index contributed by atoms with van der Waals surface area (Å²) in [5, 5.41) is 0.871. The van der Waals surface area contributed by atoms with Crippen molar-refractivity contribution in [1.29, 1.82) is 0 Å². The van der Waals surface area contributed by atoms with E-state index in [1.807, 2.05) is 0 Å². The van der Waals surface area contributed by atoms with Crippen molar-refractivity contribution in [1.82, 2.24) is 4.90 Å². The number of hydrogen-bond acceptors (Lipinski definition) is 4. The van der Waals surface area contributed by atoms with Gasteiger partial charge in [-0.3, -0.25) is 9.59 Å². The molecule has 1 amide bonds. The molecule has 1 unspecified atom stereocenters. The largest absolute Gasteiger partial charge is 0.479 e. The minimum absolute atomic E-state index is 0.122. The summed E-state index contributed by atoms with van der Waals surface area (Å²) in [6, 6.07) is 4.87. The summed E-state index contributed by atoms with van der Waals surface area (Å²) >= 11 is 11.9. The van der Waals surface area contributed by atoms with Gasteiger partial charge in [0.1, 0.15) is 5.75 Å². The zero-order valence-corrected chi connectivity index (χ0v) is 15.3. The summed E-state index contributed by atoms with van der Waals surface area (Å²) in [6.45, 7) is 4.89. The summed E-state index contributed by atoms with van der Waals surface area (Å²) in [7, 11) is 0. The number of esters is 1.